The van der Waals surface area contributed by atoms with Crippen molar-refractivity contribution in [2.45, 2.75) is 45.6 Å². The molecule has 0 radical (unpaired) electrons. The van der Waals surface area contributed by atoms with Crippen LogP contribution in [-0.2, 0) is 10.2 Å². The summed E-state index contributed by atoms with van der Waals surface area (Å²) in [7, 11) is 0. The second kappa shape index (κ2) is 6.06. The maximum absolute atomic E-state index is 10.9. The average Bonchev–Trinajstić information content (AvgIpc) is 2.29. The van der Waals surface area contributed by atoms with Crippen LogP contribution in [-0.4, -0.2) is 18.6 Å². The van der Waals surface area contributed by atoms with E-state index in [1.165, 1.54) is 5.56 Å². The average molecular weight is 264 g/mol. The molecule has 0 saturated heterocycles. The molecule has 0 fully saturated rings. The summed E-state index contributed by atoms with van der Waals surface area (Å²) in [6.07, 6.45) is 0.423. The Morgan fingerprint density at radius 1 is 1.37 bits per heavy atom. The van der Waals surface area contributed by atoms with E-state index in [9.17, 15) is 4.79 Å². The van der Waals surface area contributed by atoms with Crippen molar-refractivity contribution in [1.82, 2.24) is 0 Å². The van der Waals surface area contributed by atoms with E-state index in [1.807, 2.05) is 12.1 Å². The maximum atomic E-state index is 10.9. The second-order valence-electron chi connectivity index (χ2n) is 5.90. The van der Waals surface area contributed by atoms with Crippen molar-refractivity contribution in [3.63, 3.8) is 0 Å². The second-order valence-corrected chi connectivity index (χ2v) is 5.90. The molecule has 4 N–H and O–H groups in total. The van der Waals surface area contributed by atoms with Gasteiger partial charge in [-0.05, 0) is 24.0 Å². The van der Waals surface area contributed by atoms with Crippen molar-refractivity contribution in [3.05, 3.63) is 29.3 Å². The molecule has 1 aromatic carbocycles. The molecule has 1 amide bonds. The number of carbonyl (C=O) groups excluding carboxylic acids is 1. The van der Waals surface area contributed by atoms with Crippen molar-refractivity contribution < 1.29 is 9.53 Å². The molecule has 1 rings (SSSR count). The van der Waals surface area contributed by atoms with Crippen LogP contribution >= 0.6 is 0 Å². The SMILES string of the molecule is Cc1ccc(OCCC(N)C(N)=O)c(C(C)(C)C)c1. The van der Waals surface area contributed by atoms with Gasteiger partial charge in [-0.15, -0.1) is 0 Å². The predicted molar refractivity (Wildman–Crippen MR) is 77.2 cm³/mol. The molecule has 0 heterocycles. The fourth-order valence-corrected chi connectivity index (χ4v) is 1.79. The van der Waals surface area contributed by atoms with E-state index in [1.54, 1.807) is 0 Å². The molecule has 0 bridgehead atoms. The lowest BCUT2D eigenvalue weighted by molar-refractivity contribution is -0.119. The van der Waals surface area contributed by atoms with Gasteiger partial charge in [-0.25, -0.2) is 0 Å². The minimum absolute atomic E-state index is 0.00710. The van der Waals surface area contributed by atoms with Crippen molar-refractivity contribution in [3.8, 4) is 5.75 Å². The van der Waals surface area contributed by atoms with Crippen molar-refractivity contribution in [2.24, 2.45) is 11.5 Å². The third-order valence-electron chi connectivity index (χ3n) is 2.99. The number of amides is 1. The Kier molecular flexibility index (Phi) is 4.95. The van der Waals surface area contributed by atoms with Gasteiger partial charge in [-0.3, -0.25) is 4.79 Å². The van der Waals surface area contributed by atoms with E-state index >= 15 is 0 Å². The summed E-state index contributed by atoms with van der Waals surface area (Å²) in [4.78, 5) is 10.9. The molecular weight excluding hydrogens is 240 g/mol. The molecule has 4 heteroatoms. The first kappa shape index (κ1) is 15.5. The van der Waals surface area contributed by atoms with Crippen molar-refractivity contribution in [1.29, 1.82) is 0 Å². The predicted octanol–water partition coefficient (Wildman–Crippen LogP) is 1.87. The van der Waals surface area contributed by atoms with Gasteiger partial charge in [0.2, 0.25) is 5.91 Å². The molecule has 0 aliphatic heterocycles. The van der Waals surface area contributed by atoms with Gasteiger partial charge in [0.15, 0.2) is 0 Å². The lowest BCUT2D eigenvalue weighted by atomic mass is 9.85. The molecule has 0 aliphatic rings. The summed E-state index contributed by atoms with van der Waals surface area (Å²) in [5.41, 5.74) is 13.0. The first-order valence-corrected chi connectivity index (χ1v) is 6.50. The molecule has 0 saturated carbocycles. The number of primary amides is 1. The molecule has 1 atom stereocenters. The Bertz CT molecular complexity index is 450. The number of ether oxygens (including phenoxy) is 1. The smallest absolute Gasteiger partial charge is 0.234 e. The molecule has 4 nitrogen and oxygen atoms in total. The van der Waals surface area contributed by atoms with Crippen LogP contribution in [0, 0.1) is 6.92 Å². The van der Waals surface area contributed by atoms with Crippen LogP contribution in [0.4, 0.5) is 0 Å². The Hall–Kier alpha value is -1.55. The lowest BCUT2D eigenvalue weighted by Crippen LogP contribution is -2.37. The van der Waals surface area contributed by atoms with E-state index in [0.29, 0.717) is 13.0 Å². The van der Waals surface area contributed by atoms with Crippen LogP contribution in [0.1, 0.15) is 38.3 Å². The zero-order chi connectivity index (χ0) is 14.6. The van der Waals surface area contributed by atoms with Crippen LogP contribution in [0.2, 0.25) is 0 Å². The van der Waals surface area contributed by atoms with E-state index < -0.39 is 11.9 Å². The van der Waals surface area contributed by atoms with E-state index in [4.69, 9.17) is 16.2 Å². The summed E-state index contributed by atoms with van der Waals surface area (Å²) in [5.74, 6) is 0.346. The summed E-state index contributed by atoms with van der Waals surface area (Å²) in [6, 6.07) is 5.46. The Balaban J connectivity index is 2.76. The number of aryl methyl sites for hydroxylation is 1. The fourth-order valence-electron chi connectivity index (χ4n) is 1.79. The van der Waals surface area contributed by atoms with Crippen LogP contribution in [0.5, 0.6) is 5.75 Å². The largest absolute Gasteiger partial charge is 0.493 e. The number of hydrogen-bond donors (Lipinski definition) is 2. The summed E-state index contributed by atoms with van der Waals surface area (Å²) >= 11 is 0. The molecule has 1 unspecified atom stereocenters. The minimum atomic E-state index is -0.650. The zero-order valence-electron chi connectivity index (χ0n) is 12.2. The summed E-state index contributed by atoms with van der Waals surface area (Å²) in [5, 5.41) is 0. The van der Waals surface area contributed by atoms with Gasteiger partial charge in [0.25, 0.3) is 0 Å². The first-order chi connectivity index (χ1) is 8.71. The Morgan fingerprint density at radius 3 is 2.53 bits per heavy atom. The van der Waals surface area contributed by atoms with Gasteiger partial charge in [-0.1, -0.05) is 38.5 Å². The van der Waals surface area contributed by atoms with Gasteiger partial charge >= 0.3 is 0 Å². The number of rotatable bonds is 5. The quantitative estimate of drug-likeness (QED) is 0.852. The molecular formula is C15H24N2O2. The van der Waals surface area contributed by atoms with Crippen molar-refractivity contribution >= 4 is 5.91 Å². The van der Waals surface area contributed by atoms with Crippen molar-refractivity contribution in [2.75, 3.05) is 6.61 Å². The highest BCUT2D eigenvalue weighted by molar-refractivity contribution is 5.79. The van der Waals surface area contributed by atoms with Crippen LogP contribution < -0.4 is 16.2 Å². The maximum Gasteiger partial charge on any atom is 0.234 e. The van der Waals surface area contributed by atoms with Gasteiger partial charge in [0.1, 0.15) is 5.75 Å². The van der Waals surface area contributed by atoms with Gasteiger partial charge in [-0.2, -0.15) is 0 Å². The van der Waals surface area contributed by atoms with E-state index in [2.05, 4.69) is 33.8 Å². The number of benzene rings is 1. The molecule has 0 spiro atoms. The monoisotopic (exact) mass is 264 g/mol. The molecule has 106 valence electrons. The highest BCUT2D eigenvalue weighted by Gasteiger charge is 2.19. The normalized spacial score (nSPS) is 13.1. The number of carbonyl (C=O) groups is 1. The molecule has 1 aromatic rings. The van der Waals surface area contributed by atoms with Crippen LogP contribution in [0.25, 0.3) is 0 Å². The highest BCUT2D eigenvalue weighted by atomic mass is 16.5. The number of hydrogen-bond acceptors (Lipinski definition) is 3. The van der Waals surface area contributed by atoms with Gasteiger partial charge in [0.05, 0.1) is 12.6 Å². The van der Waals surface area contributed by atoms with E-state index in [0.717, 1.165) is 11.3 Å². The van der Waals surface area contributed by atoms with Crippen LogP contribution in [0.15, 0.2) is 18.2 Å². The number of nitrogens with two attached hydrogens (primary N) is 2. The Morgan fingerprint density at radius 2 is 2.00 bits per heavy atom. The molecule has 0 aromatic heterocycles. The Labute approximate surface area is 115 Å². The zero-order valence-corrected chi connectivity index (χ0v) is 12.2. The third-order valence-corrected chi connectivity index (χ3v) is 2.99. The lowest BCUT2D eigenvalue weighted by Gasteiger charge is -2.23. The van der Waals surface area contributed by atoms with Crippen LogP contribution in [0.3, 0.4) is 0 Å². The third kappa shape index (κ3) is 4.56. The fraction of sp³-hybridized carbons (Fsp3) is 0.533. The minimum Gasteiger partial charge on any atom is -0.493 e. The van der Waals surface area contributed by atoms with Gasteiger partial charge in [0, 0.05) is 6.42 Å². The van der Waals surface area contributed by atoms with Gasteiger partial charge < -0.3 is 16.2 Å². The summed E-state index contributed by atoms with van der Waals surface area (Å²) < 4.78 is 5.75. The summed E-state index contributed by atoms with van der Waals surface area (Å²) in [6.45, 7) is 8.87. The topological polar surface area (TPSA) is 78.3 Å². The first-order valence-electron chi connectivity index (χ1n) is 6.50. The van der Waals surface area contributed by atoms with E-state index in [-0.39, 0.29) is 5.41 Å². The highest BCUT2D eigenvalue weighted by Crippen LogP contribution is 2.32. The molecule has 0 aliphatic carbocycles. The standard InChI is InChI=1S/C15H24N2O2/c1-10-5-6-13(11(9-10)15(2,3)4)19-8-7-12(16)14(17)18/h5-6,9,12H,7-8,16H2,1-4H3,(H2,17,18). The molecule has 19 heavy (non-hydrogen) atoms.